The summed E-state index contributed by atoms with van der Waals surface area (Å²) >= 11 is 0. The largest absolute Gasteiger partial charge is 0.746 e. The lowest BCUT2D eigenvalue weighted by Gasteiger charge is -2.32. The summed E-state index contributed by atoms with van der Waals surface area (Å²) in [6, 6.07) is 4.83. The first-order valence-corrected chi connectivity index (χ1v) is 15.1. The summed E-state index contributed by atoms with van der Waals surface area (Å²) in [5.41, 5.74) is -2.23. The molecule has 1 aromatic carbocycles. The van der Waals surface area contributed by atoms with Crippen LogP contribution in [0.3, 0.4) is 0 Å². The summed E-state index contributed by atoms with van der Waals surface area (Å²) < 4.78 is 45.9. The van der Waals surface area contributed by atoms with Gasteiger partial charge in [0.1, 0.15) is 27.5 Å². The molecule has 1 aliphatic heterocycles. The van der Waals surface area contributed by atoms with Crippen molar-refractivity contribution in [3.63, 3.8) is 0 Å². The van der Waals surface area contributed by atoms with Gasteiger partial charge in [0.15, 0.2) is 5.44 Å². The molecule has 0 radical (unpaired) electrons. The van der Waals surface area contributed by atoms with Crippen molar-refractivity contribution in [2.45, 2.75) is 88.3 Å². The number of benzene rings is 1. The van der Waals surface area contributed by atoms with Gasteiger partial charge in [0.2, 0.25) is 11.8 Å². The minimum atomic E-state index is -5.20. The number of hydrogen-bond acceptors (Lipinski definition) is 9. The monoisotopic (exact) mass is 582 g/mol. The predicted molar refractivity (Wildman–Crippen MR) is 144 cm³/mol. The van der Waals surface area contributed by atoms with Crippen LogP contribution < -0.4 is 20.7 Å². The minimum Gasteiger partial charge on any atom is -0.746 e. The van der Waals surface area contributed by atoms with Crippen LogP contribution in [0, 0.1) is 11.8 Å². The molecule has 0 spiro atoms. The second kappa shape index (κ2) is 13.6. The summed E-state index contributed by atoms with van der Waals surface area (Å²) in [6.07, 6.45) is 3.10. The van der Waals surface area contributed by atoms with E-state index in [1.807, 2.05) is 38.1 Å². The summed E-state index contributed by atoms with van der Waals surface area (Å²) in [4.78, 5) is 38.4. The Kier molecular flexibility index (Phi) is 10.8. The highest BCUT2D eigenvalue weighted by molar-refractivity contribution is 7.86. The standard InChI is InChI=1S/C27H41N3O9S/c1-17(2)14-21(24(32)29-22(25(33)40(35,36)37)15-19-10-13-28-23(19)31)30-26(34)39-27(11-4-5-12-27)16-18-6-8-20(38-3)9-7-18/h6-9,17,19,21-22,25,33H,4-5,10-16H2,1-3H3,(H,28,31)(H,29,32)(H,30,34)(H,35,36,37)/p-1/t19-,21-,22-,25?/m0/s1. The number of methoxy groups -OCH3 is 1. The summed E-state index contributed by atoms with van der Waals surface area (Å²) in [6.45, 7) is 4.05. The molecule has 3 rings (SSSR count). The third-order valence-corrected chi connectivity index (χ3v) is 8.41. The van der Waals surface area contributed by atoms with Crippen LogP contribution in [0.5, 0.6) is 5.75 Å². The second-order valence-electron chi connectivity index (χ2n) is 11.1. The quantitative estimate of drug-likeness (QED) is 0.251. The number of aliphatic hydroxyl groups excluding tert-OH is 1. The fourth-order valence-corrected chi connectivity index (χ4v) is 6.01. The van der Waals surface area contributed by atoms with Gasteiger partial charge in [-0.3, -0.25) is 9.59 Å². The first-order valence-electron chi connectivity index (χ1n) is 13.7. The molecule has 0 aromatic heterocycles. The number of ether oxygens (including phenoxy) is 2. The maximum atomic E-state index is 13.3. The van der Waals surface area contributed by atoms with E-state index in [1.165, 1.54) is 0 Å². The van der Waals surface area contributed by atoms with Gasteiger partial charge in [0.05, 0.1) is 13.2 Å². The molecule has 2 fully saturated rings. The van der Waals surface area contributed by atoms with Crippen molar-refractivity contribution < 1.29 is 41.9 Å². The molecule has 12 nitrogen and oxygen atoms in total. The third-order valence-electron chi connectivity index (χ3n) is 7.49. The number of hydrogen-bond donors (Lipinski definition) is 4. The van der Waals surface area contributed by atoms with Crippen molar-refractivity contribution in [1.29, 1.82) is 0 Å². The van der Waals surface area contributed by atoms with Crippen LogP contribution in [0.2, 0.25) is 0 Å². The van der Waals surface area contributed by atoms with Gasteiger partial charge in [-0.25, -0.2) is 13.2 Å². The number of rotatable bonds is 13. The number of carbonyl (C=O) groups excluding carboxylic acids is 3. The third kappa shape index (κ3) is 8.80. The van der Waals surface area contributed by atoms with Crippen molar-refractivity contribution in [3.8, 4) is 5.75 Å². The SMILES string of the molecule is COc1ccc(CC2(OC(=O)N[C@@H](CC(C)C)C(=O)N[C@@H](C[C@@H]3CCNC3=O)C(O)S(=O)(=O)[O-])CCCC2)cc1. The molecular formula is C27H40N3O9S-. The average Bonchev–Trinajstić information content (AvgIpc) is 3.50. The number of alkyl carbamates (subject to hydrolysis) is 1. The van der Waals surface area contributed by atoms with Crippen LogP contribution in [0.15, 0.2) is 24.3 Å². The lowest BCUT2D eigenvalue weighted by Crippen LogP contribution is -2.55. The zero-order chi connectivity index (χ0) is 29.5. The van der Waals surface area contributed by atoms with E-state index in [1.54, 1.807) is 7.11 Å². The van der Waals surface area contributed by atoms with E-state index in [-0.39, 0.29) is 24.7 Å². The Balaban J connectivity index is 1.72. The van der Waals surface area contributed by atoms with Crippen LogP contribution in [-0.4, -0.2) is 72.8 Å². The Bertz CT molecular complexity index is 1130. The van der Waals surface area contributed by atoms with Crippen LogP contribution >= 0.6 is 0 Å². The first-order chi connectivity index (χ1) is 18.8. The normalized spacial score (nSPS) is 20.9. The van der Waals surface area contributed by atoms with Gasteiger partial charge >= 0.3 is 6.09 Å². The highest BCUT2D eigenvalue weighted by atomic mass is 32.2. The van der Waals surface area contributed by atoms with Gasteiger partial charge in [-0.15, -0.1) is 0 Å². The van der Waals surface area contributed by atoms with Gasteiger partial charge in [-0.2, -0.15) is 0 Å². The van der Waals surface area contributed by atoms with E-state index in [2.05, 4.69) is 16.0 Å². The molecule has 1 aliphatic carbocycles. The van der Waals surface area contributed by atoms with Gasteiger partial charge in [0.25, 0.3) is 0 Å². The fraction of sp³-hybridized carbons (Fsp3) is 0.667. The molecular weight excluding hydrogens is 542 g/mol. The summed E-state index contributed by atoms with van der Waals surface area (Å²) in [7, 11) is -3.62. The molecule has 2 aliphatic rings. The van der Waals surface area contributed by atoms with Crippen LogP contribution in [0.25, 0.3) is 0 Å². The van der Waals surface area contributed by atoms with Gasteiger partial charge in [-0.1, -0.05) is 26.0 Å². The first kappa shape index (κ1) is 31.6. The van der Waals surface area contributed by atoms with Crippen molar-refractivity contribution in [1.82, 2.24) is 16.0 Å². The summed E-state index contributed by atoms with van der Waals surface area (Å²) in [5, 5.41) is 17.8. The Morgan fingerprint density at radius 2 is 1.82 bits per heavy atom. The van der Waals surface area contributed by atoms with E-state index >= 15 is 0 Å². The highest BCUT2D eigenvalue weighted by Gasteiger charge is 2.40. The zero-order valence-corrected chi connectivity index (χ0v) is 24.0. The van der Waals surface area contributed by atoms with Gasteiger partial charge in [0, 0.05) is 18.9 Å². The molecule has 224 valence electrons. The minimum absolute atomic E-state index is 0.0528. The maximum Gasteiger partial charge on any atom is 0.408 e. The number of carbonyl (C=O) groups is 3. The molecule has 0 bridgehead atoms. The van der Waals surface area contributed by atoms with Crippen molar-refractivity contribution in [2.75, 3.05) is 13.7 Å². The van der Waals surface area contributed by atoms with E-state index in [0.29, 0.717) is 38.0 Å². The maximum absolute atomic E-state index is 13.3. The summed E-state index contributed by atoms with van der Waals surface area (Å²) in [5.74, 6) is -1.15. The lowest BCUT2D eigenvalue weighted by atomic mass is 9.92. The highest BCUT2D eigenvalue weighted by Crippen LogP contribution is 2.36. The Hall–Kier alpha value is -2.90. The fourth-order valence-electron chi connectivity index (χ4n) is 5.43. The molecule has 13 heteroatoms. The van der Waals surface area contributed by atoms with E-state index in [0.717, 1.165) is 18.4 Å². The van der Waals surface area contributed by atoms with Gasteiger partial charge in [-0.05, 0) is 68.6 Å². The number of amides is 3. The van der Waals surface area contributed by atoms with E-state index in [9.17, 15) is 32.5 Å². The van der Waals surface area contributed by atoms with Crippen molar-refractivity contribution >= 4 is 28.0 Å². The second-order valence-corrected chi connectivity index (χ2v) is 12.6. The smallest absolute Gasteiger partial charge is 0.408 e. The van der Waals surface area contributed by atoms with Crippen molar-refractivity contribution in [3.05, 3.63) is 29.8 Å². The van der Waals surface area contributed by atoms with E-state index < -0.39 is 51.2 Å². The Labute approximate surface area is 235 Å². The molecule has 1 aromatic rings. The molecule has 1 saturated heterocycles. The lowest BCUT2D eigenvalue weighted by molar-refractivity contribution is -0.126. The molecule has 4 N–H and O–H groups in total. The van der Waals surface area contributed by atoms with E-state index in [4.69, 9.17) is 9.47 Å². The average molecular weight is 583 g/mol. The molecule has 3 amide bonds. The van der Waals surface area contributed by atoms with Crippen LogP contribution in [0.4, 0.5) is 4.79 Å². The van der Waals surface area contributed by atoms with Crippen LogP contribution in [0.1, 0.15) is 64.4 Å². The molecule has 1 heterocycles. The predicted octanol–water partition coefficient (Wildman–Crippen LogP) is 1.57. The molecule has 1 saturated carbocycles. The molecule has 4 atom stereocenters. The number of nitrogens with one attached hydrogen (secondary N) is 3. The van der Waals surface area contributed by atoms with Crippen LogP contribution in [-0.2, 0) is 30.9 Å². The topological polar surface area (TPSA) is 183 Å². The number of aliphatic hydroxyl groups is 1. The Morgan fingerprint density at radius 3 is 2.35 bits per heavy atom. The van der Waals surface area contributed by atoms with Crippen molar-refractivity contribution in [2.24, 2.45) is 11.8 Å². The molecule has 1 unspecified atom stereocenters. The Morgan fingerprint density at radius 1 is 1.18 bits per heavy atom. The zero-order valence-electron chi connectivity index (χ0n) is 23.2. The van der Waals surface area contributed by atoms with Gasteiger partial charge < -0.3 is 35.1 Å². The molecule has 40 heavy (non-hydrogen) atoms.